The van der Waals surface area contributed by atoms with Crippen LogP contribution in [0, 0.1) is 0 Å². The van der Waals surface area contributed by atoms with Crippen LogP contribution in [-0.2, 0) is 0 Å². The molecule has 7 heteroatoms. The van der Waals surface area contributed by atoms with Crippen LogP contribution in [0.4, 0.5) is 11.4 Å². The van der Waals surface area contributed by atoms with Crippen LogP contribution in [0.2, 0.25) is 0 Å². The van der Waals surface area contributed by atoms with Crippen LogP contribution >= 0.6 is 11.3 Å². The second kappa shape index (κ2) is 7.62. The Morgan fingerprint density at radius 1 is 0.846 bits per heavy atom. The fourth-order valence-electron chi connectivity index (χ4n) is 2.30. The molecule has 0 atom stereocenters. The van der Waals surface area contributed by atoms with Gasteiger partial charge in [0.2, 0.25) is 0 Å². The number of carboxylic acid groups (broad SMARTS) is 1. The first-order valence-electron chi connectivity index (χ1n) is 7.61. The van der Waals surface area contributed by atoms with E-state index in [-0.39, 0.29) is 17.0 Å². The first-order chi connectivity index (χ1) is 12.5. The summed E-state index contributed by atoms with van der Waals surface area (Å²) in [6.07, 6.45) is 0. The lowest BCUT2D eigenvalue weighted by molar-refractivity contribution is -0.255. The summed E-state index contributed by atoms with van der Waals surface area (Å²) in [5, 5.41) is 18.1. The topological polar surface area (TPSA) is 98.3 Å². The lowest BCUT2D eigenvalue weighted by Gasteiger charge is -2.12. The third-order valence-electron chi connectivity index (χ3n) is 3.52. The molecule has 0 spiro atoms. The molecule has 0 saturated heterocycles. The molecule has 3 rings (SSSR count). The Bertz CT molecular complexity index is 967. The number of benzene rings is 2. The molecule has 3 aromatic rings. The minimum Gasteiger partial charge on any atom is -0.545 e. The third kappa shape index (κ3) is 3.96. The average Bonchev–Trinajstić information content (AvgIpc) is 3.17. The van der Waals surface area contributed by atoms with E-state index < -0.39 is 11.9 Å². The second-order valence-corrected chi connectivity index (χ2v) is 6.25. The molecule has 0 radical (unpaired) electrons. The van der Waals surface area contributed by atoms with Crippen LogP contribution in [0.5, 0.6) is 0 Å². The van der Waals surface area contributed by atoms with E-state index in [0.717, 1.165) is 0 Å². The van der Waals surface area contributed by atoms with Crippen molar-refractivity contribution in [1.29, 1.82) is 0 Å². The maximum absolute atomic E-state index is 12.6. The number of anilines is 2. The lowest BCUT2D eigenvalue weighted by Crippen LogP contribution is -2.22. The molecule has 0 saturated carbocycles. The van der Waals surface area contributed by atoms with E-state index in [4.69, 9.17) is 0 Å². The summed E-state index contributed by atoms with van der Waals surface area (Å²) in [7, 11) is 0. The van der Waals surface area contributed by atoms with Gasteiger partial charge < -0.3 is 20.5 Å². The molecule has 1 aromatic heterocycles. The monoisotopic (exact) mass is 365 g/mol. The van der Waals surface area contributed by atoms with Crippen LogP contribution in [0.1, 0.15) is 30.4 Å². The molecule has 2 N–H and O–H groups in total. The molecule has 1 heterocycles. The standard InChI is InChI=1S/C19H14N2O4S/c22-17(20-13-6-3-5-12(11-13)19(24)25)14-7-1-2-8-15(14)21-18(23)16-9-4-10-26-16/h1-11H,(H,20,22)(H,21,23)(H,24,25)/p-1. The number of thiophene rings is 1. The molecule has 26 heavy (non-hydrogen) atoms. The van der Waals surface area contributed by atoms with E-state index in [1.54, 1.807) is 47.8 Å². The highest BCUT2D eigenvalue weighted by atomic mass is 32.1. The van der Waals surface area contributed by atoms with Crippen LogP contribution in [-0.4, -0.2) is 17.8 Å². The molecule has 0 aliphatic rings. The fourth-order valence-corrected chi connectivity index (χ4v) is 2.92. The Hall–Kier alpha value is -3.45. The van der Waals surface area contributed by atoms with Gasteiger partial charge in [-0.1, -0.05) is 30.3 Å². The third-order valence-corrected chi connectivity index (χ3v) is 4.39. The largest absolute Gasteiger partial charge is 0.545 e. The highest BCUT2D eigenvalue weighted by Gasteiger charge is 2.15. The van der Waals surface area contributed by atoms with E-state index >= 15 is 0 Å². The first kappa shape index (κ1) is 17.4. The Kier molecular flexibility index (Phi) is 5.09. The van der Waals surface area contributed by atoms with Crippen molar-refractivity contribution in [2.45, 2.75) is 0 Å². The number of nitrogens with one attached hydrogen (secondary N) is 2. The average molecular weight is 365 g/mol. The Labute approximate surface area is 153 Å². The number of hydrogen-bond acceptors (Lipinski definition) is 5. The summed E-state index contributed by atoms with van der Waals surface area (Å²) in [6.45, 7) is 0. The molecular weight excluding hydrogens is 352 g/mol. The van der Waals surface area contributed by atoms with Crippen molar-refractivity contribution >= 4 is 40.5 Å². The SMILES string of the molecule is O=C([O-])c1cccc(NC(=O)c2ccccc2NC(=O)c2cccs2)c1. The normalized spacial score (nSPS) is 10.2. The van der Waals surface area contributed by atoms with Crippen molar-refractivity contribution in [2.75, 3.05) is 10.6 Å². The molecule has 2 amide bonds. The number of para-hydroxylation sites is 1. The minimum absolute atomic E-state index is 0.0397. The highest BCUT2D eigenvalue weighted by molar-refractivity contribution is 7.12. The quantitative estimate of drug-likeness (QED) is 0.726. The minimum atomic E-state index is -1.33. The Balaban J connectivity index is 1.81. The van der Waals surface area contributed by atoms with Crippen LogP contribution in [0.3, 0.4) is 0 Å². The zero-order chi connectivity index (χ0) is 18.5. The smallest absolute Gasteiger partial charge is 0.265 e. The van der Waals surface area contributed by atoms with Crippen LogP contribution < -0.4 is 15.7 Å². The Morgan fingerprint density at radius 2 is 1.65 bits per heavy atom. The summed E-state index contributed by atoms with van der Waals surface area (Å²) in [5.41, 5.74) is 0.897. The first-order valence-corrected chi connectivity index (χ1v) is 8.49. The number of hydrogen-bond donors (Lipinski definition) is 2. The van der Waals surface area contributed by atoms with Gasteiger partial charge in [0.05, 0.1) is 22.1 Å². The Morgan fingerprint density at radius 3 is 2.38 bits per heavy atom. The van der Waals surface area contributed by atoms with Crippen molar-refractivity contribution in [1.82, 2.24) is 0 Å². The van der Waals surface area contributed by atoms with Crippen molar-refractivity contribution in [3.63, 3.8) is 0 Å². The van der Waals surface area contributed by atoms with E-state index in [2.05, 4.69) is 10.6 Å². The van der Waals surface area contributed by atoms with Crippen molar-refractivity contribution in [2.24, 2.45) is 0 Å². The van der Waals surface area contributed by atoms with Crippen LogP contribution in [0.25, 0.3) is 0 Å². The van der Waals surface area contributed by atoms with E-state index in [1.165, 1.54) is 29.5 Å². The summed E-state index contributed by atoms with van der Waals surface area (Å²) in [6, 6.07) is 15.8. The van der Waals surface area contributed by atoms with E-state index in [1.807, 2.05) is 0 Å². The molecule has 0 aliphatic heterocycles. The number of carbonyl (C=O) groups is 3. The summed E-state index contributed by atoms with van der Waals surface area (Å²) >= 11 is 1.30. The molecule has 0 aliphatic carbocycles. The predicted molar refractivity (Wildman–Crippen MR) is 97.4 cm³/mol. The summed E-state index contributed by atoms with van der Waals surface area (Å²) < 4.78 is 0. The molecular formula is C19H13N2O4S-. The van der Waals surface area contributed by atoms with Gasteiger partial charge in [-0.15, -0.1) is 11.3 Å². The highest BCUT2D eigenvalue weighted by Crippen LogP contribution is 2.20. The number of amides is 2. The zero-order valence-corrected chi connectivity index (χ0v) is 14.2. The van der Waals surface area contributed by atoms with Crippen molar-refractivity contribution in [3.8, 4) is 0 Å². The van der Waals surface area contributed by atoms with E-state index in [0.29, 0.717) is 16.3 Å². The molecule has 0 fully saturated rings. The van der Waals surface area contributed by atoms with Gasteiger partial charge in [-0.3, -0.25) is 9.59 Å². The molecule has 2 aromatic carbocycles. The lowest BCUT2D eigenvalue weighted by atomic mass is 10.1. The van der Waals surface area contributed by atoms with Crippen molar-refractivity contribution in [3.05, 3.63) is 82.0 Å². The van der Waals surface area contributed by atoms with Gasteiger partial charge in [-0.25, -0.2) is 0 Å². The molecule has 0 bridgehead atoms. The number of rotatable bonds is 5. The van der Waals surface area contributed by atoms with Gasteiger partial charge in [-0.2, -0.15) is 0 Å². The fraction of sp³-hybridized carbons (Fsp3) is 0. The molecule has 130 valence electrons. The van der Waals surface area contributed by atoms with Gasteiger partial charge >= 0.3 is 0 Å². The maximum Gasteiger partial charge on any atom is 0.265 e. The maximum atomic E-state index is 12.6. The number of aromatic carboxylic acids is 1. The predicted octanol–water partition coefficient (Wildman–Crippen LogP) is 2.62. The van der Waals surface area contributed by atoms with Gasteiger partial charge in [0.25, 0.3) is 11.8 Å². The van der Waals surface area contributed by atoms with Gasteiger partial charge in [-0.05, 0) is 41.3 Å². The summed E-state index contributed by atoms with van der Waals surface area (Å²) in [5.74, 6) is -2.11. The second-order valence-electron chi connectivity index (χ2n) is 5.30. The van der Waals surface area contributed by atoms with Gasteiger partial charge in [0.15, 0.2) is 0 Å². The zero-order valence-electron chi connectivity index (χ0n) is 13.4. The molecule has 0 unspecified atom stereocenters. The summed E-state index contributed by atoms with van der Waals surface area (Å²) in [4.78, 5) is 36.2. The molecule has 6 nitrogen and oxygen atoms in total. The van der Waals surface area contributed by atoms with Crippen molar-refractivity contribution < 1.29 is 19.5 Å². The van der Waals surface area contributed by atoms with Gasteiger partial charge in [0, 0.05) is 5.69 Å². The number of carboxylic acids is 1. The number of carbonyl (C=O) groups excluding carboxylic acids is 3. The van der Waals surface area contributed by atoms with Crippen LogP contribution in [0.15, 0.2) is 66.0 Å². The van der Waals surface area contributed by atoms with Gasteiger partial charge in [0.1, 0.15) is 0 Å². The van der Waals surface area contributed by atoms with E-state index in [9.17, 15) is 19.5 Å².